The summed E-state index contributed by atoms with van der Waals surface area (Å²) in [5, 5.41) is 14.3. The van der Waals surface area contributed by atoms with Gasteiger partial charge in [-0.15, -0.1) is 0 Å². The summed E-state index contributed by atoms with van der Waals surface area (Å²) in [6.07, 6.45) is 1.97. The van der Waals surface area contributed by atoms with E-state index in [0.29, 0.717) is 5.92 Å². The Morgan fingerprint density at radius 1 is 1.28 bits per heavy atom. The quantitative estimate of drug-likeness (QED) is 0.838. The molecule has 2 heterocycles. The normalized spacial score (nSPS) is 17.9. The van der Waals surface area contributed by atoms with Crippen molar-refractivity contribution in [2.24, 2.45) is 5.92 Å². The van der Waals surface area contributed by atoms with Crippen molar-refractivity contribution in [1.29, 1.82) is 0 Å². The predicted molar refractivity (Wildman–Crippen MR) is 98.1 cm³/mol. The number of hydrogen-bond donors (Lipinski definition) is 1. The Morgan fingerprint density at radius 2 is 2.00 bits per heavy atom. The second-order valence-electron chi connectivity index (χ2n) is 7.30. The first-order valence-electron chi connectivity index (χ1n) is 9.16. The number of β-amino-alcohol motifs (C(OH)–C–C–N with tert-alkyl or cyclic N) is 1. The molecule has 1 aromatic carbocycles. The van der Waals surface area contributed by atoms with E-state index in [1.807, 2.05) is 43.3 Å². The Bertz CT molecular complexity index is 635. The highest BCUT2D eigenvalue weighted by atomic mass is 16.5. The van der Waals surface area contributed by atoms with Crippen LogP contribution < -0.4 is 0 Å². The third-order valence-electron chi connectivity index (χ3n) is 5.00. The third-order valence-corrected chi connectivity index (χ3v) is 5.00. The van der Waals surface area contributed by atoms with Crippen molar-refractivity contribution in [1.82, 2.24) is 15.0 Å². The van der Waals surface area contributed by atoms with Crippen LogP contribution in [0.2, 0.25) is 0 Å². The highest BCUT2D eigenvalue weighted by molar-refractivity contribution is 5.17. The summed E-state index contributed by atoms with van der Waals surface area (Å²) in [6, 6.07) is 11.9. The number of aromatic nitrogens is 1. The Kier molecular flexibility index (Phi) is 6.24. The lowest BCUT2D eigenvalue weighted by molar-refractivity contribution is 0.0818. The minimum absolute atomic E-state index is 0.393. The SMILES string of the molecule is Cc1cc(CN(C)CC2CCN(C[C@@H](O)c3ccccc3)CC2)on1. The first-order valence-corrected chi connectivity index (χ1v) is 9.16. The maximum atomic E-state index is 10.4. The molecule has 5 nitrogen and oxygen atoms in total. The predicted octanol–water partition coefficient (Wildman–Crippen LogP) is 2.86. The van der Waals surface area contributed by atoms with Gasteiger partial charge in [0.15, 0.2) is 5.76 Å². The molecule has 1 aliphatic heterocycles. The summed E-state index contributed by atoms with van der Waals surface area (Å²) in [6.45, 7) is 6.69. The van der Waals surface area contributed by atoms with E-state index in [9.17, 15) is 5.11 Å². The molecule has 25 heavy (non-hydrogen) atoms. The summed E-state index contributed by atoms with van der Waals surface area (Å²) in [5.74, 6) is 1.64. The van der Waals surface area contributed by atoms with Gasteiger partial charge in [0, 0.05) is 19.2 Å². The molecule has 0 spiro atoms. The molecule has 136 valence electrons. The van der Waals surface area contributed by atoms with Crippen LogP contribution >= 0.6 is 0 Å². The highest BCUT2D eigenvalue weighted by Crippen LogP contribution is 2.22. The van der Waals surface area contributed by atoms with Crippen LogP contribution in [-0.4, -0.2) is 53.3 Å². The molecule has 3 rings (SSSR count). The van der Waals surface area contributed by atoms with Gasteiger partial charge in [0.05, 0.1) is 18.3 Å². The zero-order valence-electron chi connectivity index (χ0n) is 15.3. The van der Waals surface area contributed by atoms with Gasteiger partial charge in [-0.05, 0) is 51.4 Å². The zero-order chi connectivity index (χ0) is 17.6. The van der Waals surface area contributed by atoms with Gasteiger partial charge in [0.1, 0.15) is 0 Å². The van der Waals surface area contributed by atoms with Crippen molar-refractivity contribution in [3.05, 3.63) is 53.4 Å². The second kappa shape index (κ2) is 8.61. The number of rotatable bonds is 7. The van der Waals surface area contributed by atoms with Crippen LogP contribution in [0.5, 0.6) is 0 Å². The third kappa shape index (κ3) is 5.39. The van der Waals surface area contributed by atoms with E-state index >= 15 is 0 Å². The smallest absolute Gasteiger partial charge is 0.150 e. The number of aliphatic hydroxyl groups excluding tert-OH is 1. The maximum Gasteiger partial charge on any atom is 0.150 e. The van der Waals surface area contributed by atoms with Gasteiger partial charge in [-0.25, -0.2) is 0 Å². The Labute approximate surface area is 150 Å². The minimum atomic E-state index is -0.393. The van der Waals surface area contributed by atoms with Crippen molar-refractivity contribution in [2.45, 2.75) is 32.4 Å². The number of nitrogens with zero attached hydrogens (tertiary/aromatic N) is 3. The molecule has 2 aromatic rings. The summed E-state index contributed by atoms with van der Waals surface area (Å²) < 4.78 is 5.30. The second-order valence-corrected chi connectivity index (χ2v) is 7.30. The van der Waals surface area contributed by atoms with E-state index in [1.54, 1.807) is 0 Å². The summed E-state index contributed by atoms with van der Waals surface area (Å²) in [4.78, 5) is 4.70. The maximum absolute atomic E-state index is 10.4. The molecule has 0 radical (unpaired) electrons. The summed E-state index contributed by atoms with van der Waals surface area (Å²) >= 11 is 0. The van der Waals surface area contributed by atoms with E-state index in [4.69, 9.17) is 4.52 Å². The van der Waals surface area contributed by atoms with Crippen LogP contribution in [0.15, 0.2) is 40.9 Å². The van der Waals surface area contributed by atoms with Gasteiger partial charge in [0.25, 0.3) is 0 Å². The van der Waals surface area contributed by atoms with Gasteiger partial charge in [-0.1, -0.05) is 35.5 Å². The first kappa shape index (κ1) is 18.1. The Morgan fingerprint density at radius 3 is 2.64 bits per heavy atom. The number of piperidine rings is 1. The Balaban J connectivity index is 1.39. The highest BCUT2D eigenvalue weighted by Gasteiger charge is 2.22. The van der Waals surface area contributed by atoms with Crippen molar-refractivity contribution >= 4 is 0 Å². The summed E-state index contributed by atoms with van der Waals surface area (Å²) in [5.41, 5.74) is 1.94. The zero-order valence-corrected chi connectivity index (χ0v) is 15.3. The molecule has 0 unspecified atom stereocenters. The van der Waals surface area contributed by atoms with Crippen molar-refractivity contribution in [2.75, 3.05) is 33.2 Å². The van der Waals surface area contributed by atoms with E-state index in [-0.39, 0.29) is 0 Å². The average Bonchev–Trinajstić information content (AvgIpc) is 3.02. The number of likely N-dealkylation sites (tertiary alicyclic amines) is 1. The van der Waals surface area contributed by atoms with Crippen molar-refractivity contribution < 1.29 is 9.63 Å². The topological polar surface area (TPSA) is 52.7 Å². The van der Waals surface area contributed by atoms with E-state index in [1.165, 1.54) is 12.8 Å². The molecule has 0 aliphatic carbocycles. The molecule has 1 atom stereocenters. The molecule has 1 fully saturated rings. The van der Waals surface area contributed by atoms with E-state index < -0.39 is 6.10 Å². The molecule has 0 bridgehead atoms. The fourth-order valence-electron chi connectivity index (χ4n) is 3.64. The Hall–Kier alpha value is -1.69. The molecule has 1 N–H and O–H groups in total. The lowest BCUT2D eigenvalue weighted by Gasteiger charge is -2.34. The molecular weight excluding hydrogens is 314 g/mol. The van der Waals surface area contributed by atoms with Crippen LogP contribution in [0.1, 0.15) is 36.0 Å². The van der Waals surface area contributed by atoms with Gasteiger partial charge < -0.3 is 14.5 Å². The summed E-state index contributed by atoms with van der Waals surface area (Å²) in [7, 11) is 2.14. The van der Waals surface area contributed by atoms with Crippen LogP contribution in [0.4, 0.5) is 0 Å². The number of benzene rings is 1. The van der Waals surface area contributed by atoms with Gasteiger partial charge in [-0.3, -0.25) is 4.90 Å². The van der Waals surface area contributed by atoms with E-state index in [0.717, 1.165) is 49.7 Å². The molecule has 0 amide bonds. The lowest BCUT2D eigenvalue weighted by Crippen LogP contribution is -2.39. The molecular formula is C20H29N3O2. The largest absolute Gasteiger partial charge is 0.387 e. The average molecular weight is 343 g/mol. The van der Waals surface area contributed by atoms with Gasteiger partial charge >= 0.3 is 0 Å². The molecule has 1 aliphatic rings. The van der Waals surface area contributed by atoms with Crippen molar-refractivity contribution in [3.63, 3.8) is 0 Å². The standard InChI is InChI=1S/C20H29N3O2/c1-16-12-19(25-21-16)14-22(2)13-17-8-10-23(11-9-17)15-20(24)18-6-4-3-5-7-18/h3-7,12,17,20,24H,8-11,13-15H2,1-2H3/t20-/m1/s1. The fourth-order valence-corrected chi connectivity index (χ4v) is 3.64. The van der Waals surface area contributed by atoms with Crippen molar-refractivity contribution in [3.8, 4) is 0 Å². The van der Waals surface area contributed by atoms with Gasteiger partial charge in [0.2, 0.25) is 0 Å². The molecule has 1 aromatic heterocycles. The van der Waals surface area contributed by atoms with Gasteiger partial charge in [-0.2, -0.15) is 0 Å². The van der Waals surface area contributed by atoms with Crippen LogP contribution in [0.25, 0.3) is 0 Å². The van der Waals surface area contributed by atoms with E-state index in [2.05, 4.69) is 22.0 Å². The number of hydrogen-bond acceptors (Lipinski definition) is 5. The minimum Gasteiger partial charge on any atom is -0.387 e. The van der Waals surface area contributed by atoms with Crippen LogP contribution in [0, 0.1) is 12.8 Å². The lowest BCUT2D eigenvalue weighted by atomic mass is 9.95. The molecule has 1 saturated heterocycles. The monoisotopic (exact) mass is 343 g/mol. The molecule has 0 saturated carbocycles. The van der Waals surface area contributed by atoms with Crippen LogP contribution in [-0.2, 0) is 6.54 Å². The fraction of sp³-hybridized carbons (Fsp3) is 0.550. The number of aryl methyl sites for hydroxylation is 1. The number of aliphatic hydroxyl groups is 1. The molecule has 5 heteroatoms. The van der Waals surface area contributed by atoms with Crippen LogP contribution in [0.3, 0.4) is 0 Å². The first-order chi connectivity index (χ1) is 12.1.